The molecule has 0 saturated carbocycles. The van der Waals surface area contributed by atoms with E-state index in [1.54, 1.807) is 0 Å². The fourth-order valence-corrected chi connectivity index (χ4v) is 1.20. The molecule has 0 rings (SSSR count). The summed E-state index contributed by atoms with van der Waals surface area (Å²) in [6.07, 6.45) is 0.581. The molecule has 0 fully saturated rings. The molecule has 0 unspecified atom stereocenters. The smallest absolute Gasteiger partial charge is 0.139 e. The van der Waals surface area contributed by atoms with Crippen molar-refractivity contribution in [3.8, 4) is 0 Å². The summed E-state index contributed by atoms with van der Waals surface area (Å²) in [5.74, 6) is 0.286. The fourth-order valence-electron chi connectivity index (χ4n) is 1.20. The van der Waals surface area contributed by atoms with Crippen molar-refractivity contribution in [3.63, 3.8) is 0 Å². The zero-order valence-electron chi connectivity index (χ0n) is 9.84. The van der Waals surface area contributed by atoms with Gasteiger partial charge >= 0.3 is 0 Å². The number of likely N-dealkylation sites (N-methyl/N-ethyl adjacent to an activating group) is 1. The molecule has 0 aromatic rings. The van der Waals surface area contributed by atoms with Crippen molar-refractivity contribution < 1.29 is 9.90 Å². The second kappa shape index (κ2) is 6.14. The molecule has 0 radical (unpaired) electrons. The van der Waals surface area contributed by atoms with Crippen molar-refractivity contribution in [2.45, 2.75) is 34.1 Å². The first kappa shape index (κ1) is 13.6. The summed E-state index contributed by atoms with van der Waals surface area (Å²) in [7, 11) is 0. The molecule has 0 aliphatic rings. The lowest BCUT2D eigenvalue weighted by atomic mass is 9.89. The van der Waals surface area contributed by atoms with E-state index in [0.717, 1.165) is 13.1 Å². The molecule has 0 aliphatic carbocycles. The lowest BCUT2D eigenvalue weighted by Crippen LogP contribution is -2.31. The van der Waals surface area contributed by atoms with Crippen molar-refractivity contribution >= 4 is 5.78 Å². The van der Waals surface area contributed by atoms with Crippen LogP contribution in [0.25, 0.3) is 0 Å². The van der Waals surface area contributed by atoms with Gasteiger partial charge in [0.25, 0.3) is 0 Å². The molecule has 0 atom stereocenters. The van der Waals surface area contributed by atoms with E-state index in [4.69, 9.17) is 5.11 Å². The summed E-state index contributed by atoms with van der Waals surface area (Å²) in [4.78, 5) is 13.7. The van der Waals surface area contributed by atoms with Gasteiger partial charge in [-0.15, -0.1) is 0 Å². The van der Waals surface area contributed by atoms with Gasteiger partial charge < -0.3 is 10.0 Å². The van der Waals surface area contributed by atoms with Gasteiger partial charge in [0.15, 0.2) is 0 Å². The molecule has 0 bridgehead atoms. The maximum absolute atomic E-state index is 11.6. The first-order valence-electron chi connectivity index (χ1n) is 5.28. The van der Waals surface area contributed by atoms with Crippen LogP contribution < -0.4 is 0 Å². The maximum Gasteiger partial charge on any atom is 0.139 e. The quantitative estimate of drug-likeness (QED) is 0.704. The predicted molar refractivity (Wildman–Crippen MR) is 58.3 cm³/mol. The zero-order valence-corrected chi connectivity index (χ0v) is 9.84. The Morgan fingerprint density at radius 2 is 1.86 bits per heavy atom. The van der Waals surface area contributed by atoms with Crippen LogP contribution in [0.4, 0.5) is 0 Å². The zero-order chi connectivity index (χ0) is 11.2. The molecular weight excluding hydrogens is 178 g/mol. The maximum atomic E-state index is 11.6. The van der Waals surface area contributed by atoms with Gasteiger partial charge in [0.05, 0.1) is 6.61 Å². The molecule has 14 heavy (non-hydrogen) atoms. The van der Waals surface area contributed by atoms with Gasteiger partial charge in [0.2, 0.25) is 0 Å². The van der Waals surface area contributed by atoms with Crippen molar-refractivity contribution in [2.24, 2.45) is 5.41 Å². The van der Waals surface area contributed by atoms with E-state index in [1.807, 2.05) is 27.7 Å². The molecule has 84 valence electrons. The Kier molecular flexibility index (Phi) is 5.96. The van der Waals surface area contributed by atoms with Crippen molar-refractivity contribution in [1.82, 2.24) is 4.90 Å². The second-order valence-corrected chi connectivity index (χ2v) is 4.58. The van der Waals surface area contributed by atoms with Gasteiger partial charge in [-0.3, -0.25) is 4.79 Å². The highest BCUT2D eigenvalue weighted by molar-refractivity contribution is 5.83. The molecule has 3 nitrogen and oxygen atoms in total. The molecule has 1 N–H and O–H groups in total. The molecule has 0 aliphatic heterocycles. The van der Waals surface area contributed by atoms with E-state index in [-0.39, 0.29) is 17.8 Å². The second-order valence-electron chi connectivity index (χ2n) is 4.58. The number of carbonyl (C=O) groups excluding carboxylic acids is 1. The van der Waals surface area contributed by atoms with Crippen LogP contribution in [0.5, 0.6) is 0 Å². The van der Waals surface area contributed by atoms with Gasteiger partial charge in [0.1, 0.15) is 5.78 Å². The number of Topliss-reactive ketones (excluding diaryl/α,β-unsaturated/α-hetero) is 1. The highest BCUT2D eigenvalue weighted by Gasteiger charge is 2.20. The van der Waals surface area contributed by atoms with Gasteiger partial charge in [-0.25, -0.2) is 0 Å². The summed E-state index contributed by atoms with van der Waals surface area (Å²) in [5.41, 5.74) is -0.237. The Morgan fingerprint density at radius 3 is 2.21 bits per heavy atom. The summed E-state index contributed by atoms with van der Waals surface area (Å²) >= 11 is 0. The number of hydrogen-bond acceptors (Lipinski definition) is 3. The number of aliphatic hydroxyl groups excluding tert-OH is 1. The summed E-state index contributed by atoms with van der Waals surface area (Å²) in [5, 5.41) is 8.77. The van der Waals surface area contributed by atoms with Crippen LogP contribution in [-0.4, -0.2) is 42.0 Å². The Labute approximate surface area is 87.1 Å². The third-order valence-electron chi connectivity index (χ3n) is 2.36. The van der Waals surface area contributed by atoms with E-state index in [9.17, 15) is 4.79 Å². The topological polar surface area (TPSA) is 40.5 Å². The number of hydrogen-bond donors (Lipinski definition) is 1. The van der Waals surface area contributed by atoms with E-state index in [2.05, 4.69) is 4.90 Å². The molecule has 0 aromatic carbocycles. The van der Waals surface area contributed by atoms with Crippen LogP contribution in [0.15, 0.2) is 0 Å². The van der Waals surface area contributed by atoms with Gasteiger partial charge in [-0.2, -0.15) is 0 Å². The van der Waals surface area contributed by atoms with Gasteiger partial charge in [-0.1, -0.05) is 27.7 Å². The Bertz CT molecular complexity index is 173. The summed E-state index contributed by atoms with van der Waals surface area (Å²) in [6, 6.07) is 0. The monoisotopic (exact) mass is 201 g/mol. The molecule has 0 amide bonds. The van der Waals surface area contributed by atoms with Crippen LogP contribution in [0.1, 0.15) is 34.1 Å². The highest BCUT2D eigenvalue weighted by atomic mass is 16.3. The average Bonchev–Trinajstić information content (AvgIpc) is 2.10. The number of ketones is 1. The highest BCUT2D eigenvalue weighted by Crippen LogP contribution is 2.16. The van der Waals surface area contributed by atoms with Crippen LogP contribution in [0.3, 0.4) is 0 Å². The van der Waals surface area contributed by atoms with Crippen molar-refractivity contribution in [3.05, 3.63) is 0 Å². The molecular formula is C11H23NO2. The molecule has 3 heteroatoms. The van der Waals surface area contributed by atoms with Crippen molar-refractivity contribution in [2.75, 3.05) is 26.2 Å². The summed E-state index contributed by atoms with van der Waals surface area (Å²) < 4.78 is 0. The Balaban J connectivity index is 3.85. The van der Waals surface area contributed by atoms with E-state index >= 15 is 0 Å². The minimum absolute atomic E-state index is 0.164. The minimum Gasteiger partial charge on any atom is -0.395 e. The largest absolute Gasteiger partial charge is 0.395 e. The van der Waals surface area contributed by atoms with Crippen LogP contribution >= 0.6 is 0 Å². The van der Waals surface area contributed by atoms with Crippen LogP contribution in [0.2, 0.25) is 0 Å². The molecule has 0 saturated heterocycles. The third-order valence-corrected chi connectivity index (χ3v) is 2.36. The lowest BCUT2D eigenvalue weighted by Gasteiger charge is -2.22. The van der Waals surface area contributed by atoms with Crippen LogP contribution in [0, 0.1) is 5.41 Å². The van der Waals surface area contributed by atoms with E-state index in [0.29, 0.717) is 13.0 Å². The van der Waals surface area contributed by atoms with Gasteiger partial charge in [0, 0.05) is 24.9 Å². The fraction of sp³-hybridized carbons (Fsp3) is 0.909. The summed E-state index contributed by atoms with van der Waals surface area (Å²) in [6.45, 7) is 10.3. The molecule has 0 spiro atoms. The SMILES string of the molecule is CCN(CCO)CCC(=O)C(C)(C)C. The normalized spacial score (nSPS) is 12.1. The average molecular weight is 201 g/mol. The number of carbonyl (C=O) groups is 1. The predicted octanol–water partition coefficient (Wildman–Crippen LogP) is 1.31. The van der Waals surface area contributed by atoms with Crippen molar-refractivity contribution in [1.29, 1.82) is 0 Å². The Morgan fingerprint density at radius 1 is 1.29 bits per heavy atom. The molecule has 0 heterocycles. The number of nitrogens with zero attached hydrogens (tertiary/aromatic N) is 1. The van der Waals surface area contributed by atoms with Gasteiger partial charge in [-0.05, 0) is 6.54 Å². The molecule has 0 aromatic heterocycles. The van der Waals surface area contributed by atoms with Crippen LogP contribution in [-0.2, 0) is 4.79 Å². The van der Waals surface area contributed by atoms with E-state index in [1.165, 1.54) is 0 Å². The lowest BCUT2D eigenvalue weighted by molar-refractivity contribution is -0.126. The number of aliphatic hydroxyl groups is 1. The number of rotatable bonds is 6. The first-order chi connectivity index (χ1) is 6.41. The third kappa shape index (κ3) is 5.35. The first-order valence-corrected chi connectivity index (χ1v) is 5.28. The van der Waals surface area contributed by atoms with E-state index < -0.39 is 0 Å². The standard InChI is InChI=1S/C11H23NO2/c1-5-12(8-9-13)7-6-10(14)11(2,3)4/h13H,5-9H2,1-4H3. The minimum atomic E-state index is -0.237. The Hall–Kier alpha value is -0.410.